The van der Waals surface area contributed by atoms with E-state index in [2.05, 4.69) is 26.6 Å². The summed E-state index contributed by atoms with van der Waals surface area (Å²) in [6, 6.07) is 15.9. The molecule has 1 aromatic heterocycles. The third kappa shape index (κ3) is 4.99. The molecule has 0 spiro atoms. The van der Waals surface area contributed by atoms with Crippen LogP contribution in [0.2, 0.25) is 5.02 Å². The van der Waals surface area contributed by atoms with E-state index in [1.165, 1.54) is 0 Å². The zero-order chi connectivity index (χ0) is 19.4. The van der Waals surface area contributed by atoms with Crippen molar-refractivity contribution in [3.63, 3.8) is 0 Å². The van der Waals surface area contributed by atoms with Gasteiger partial charge in [-0.25, -0.2) is 0 Å². The van der Waals surface area contributed by atoms with Gasteiger partial charge in [-0.15, -0.1) is 0 Å². The van der Waals surface area contributed by atoms with Gasteiger partial charge in [-0.2, -0.15) is 0 Å². The molecule has 138 valence electrons. The Balaban J connectivity index is 1.57. The summed E-state index contributed by atoms with van der Waals surface area (Å²) in [4.78, 5) is 24.3. The number of carbonyl (C=O) groups excluding carboxylic acids is 2. The Morgan fingerprint density at radius 2 is 1.81 bits per heavy atom. The van der Waals surface area contributed by atoms with Gasteiger partial charge in [0, 0.05) is 20.7 Å². The SMILES string of the molecule is Cc1cc(Br)ccc1NC(=O)CNC(=O)c1ccc(-c2ccc(Cl)cc2)o1. The maximum atomic E-state index is 12.2. The van der Waals surface area contributed by atoms with E-state index in [9.17, 15) is 9.59 Å². The summed E-state index contributed by atoms with van der Waals surface area (Å²) in [6.07, 6.45) is 0. The number of amides is 2. The van der Waals surface area contributed by atoms with Crippen molar-refractivity contribution in [2.45, 2.75) is 6.92 Å². The number of hydrogen-bond acceptors (Lipinski definition) is 3. The fraction of sp³-hybridized carbons (Fsp3) is 0.100. The van der Waals surface area contributed by atoms with Crippen molar-refractivity contribution >= 4 is 45.0 Å². The van der Waals surface area contributed by atoms with E-state index < -0.39 is 5.91 Å². The molecule has 0 unspecified atom stereocenters. The van der Waals surface area contributed by atoms with Crippen molar-refractivity contribution in [1.29, 1.82) is 0 Å². The van der Waals surface area contributed by atoms with E-state index in [0.717, 1.165) is 15.6 Å². The number of rotatable bonds is 5. The van der Waals surface area contributed by atoms with Gasteiger partial charge in [-0.3, -0.25) is 9.59 Å². The molecule has 7 heteroatoms. The highest BCUT2D eigenvalue weighted by atomic mass is 79.9. The van der Waals surface area contributed by atoms with Crippen LogP contribution in [-0.2, 0) is 4.79 Å². The van der Waals surface area contributed by atoms with Crippen LogP contribution in [0.15, 0.2) is 63.5 Å². The molecule has 0 aliphatic carbocycles. The van der Waals surface area contributed by atoms with Crippen LogP contribution < -0.4 is 10.6 Å². The lowest BCUT2D eigenvalue weighted by Crippen LogP contribution is -2.32. The summed E-state index contributed by atoms with van der Waals surface area (Å²) < 4.78 is 6.49. The van der Waals surface area contributed by atoms with Gasteiger partial charge in [0.2, 0.25) is 5.91 Å². The van der Waals surface area contributed by atoms with E-state index >= 15 is 0 Å². The molecule has 2 N–H and O–H groups in total. The molecule has 5 nitrogen and oxygen atoms in total. The lowest BCUT2D eigenvalue weighted by atomic mass is 10.2. The van der Waals surface area contributed by atoms with Gasteiger partial charge in [0.1, 0.15) is 5.76 Å². The molecule has 0 bridgehead atoms. The van der Waals surface area contributed by atoms with Crippen LogP contribution in [0.1, 0.15) is 16.1 Å². The summed E-state index contributed by atoms with van der Waals surface area (Å²) in [5.41, 5.74) is 2.42. The van der Waals surface area contributed by atoms with Gasteiger partial charge in [0.15, 0.2) is 5.76 Å². The third-order valence-corrected chi connectivity index (χ3v) is 4.58. The largest absolute Gasteiger partial charge is 0.451 e. The highest BCUT2D eigenvalue weighted by Gasteiger charge is 2.14. The van der Waals surface area contributed by atoms with Crippen molar-refractivity contribution in [3.05, 3.63) is 75.4 Å². The number of furan rings is 1. The van der Waals surface area contributed by atoms with Gasteiger partial charge in [0.25, 0.3) is 5.91 Å². The minimum Gasteiger partial charge on any atom is -0.451 e. The Morgan fingerprint density at radius 1 is 1.07 bits per heavy atom. The predicted molar refractivity (Wildman–Crippen MR) is 109 cm³/mol. The topological polar surface area (TPSA) is 71.3 Å². The smallest absolute Gasteiger partial charge is 0.287 e. The number of halogens is 2. The summed E-state index contributed by atoms with van der Waals surface area (Å²) in [7, 11) is 0. The number of nitrogens with one attached hydrogen (secondary N) is 2. The van der Waals surface area contributed by atoms with Crippen LogP contribution in [0.25, 0.3) is 11.3 Å². The molecule has 27 heavy (non-hydrogen) atoms. The molecule has 0 saturated carbocycles. The Labute approximate surface area is 169 Å². The molecule has 0 saturated heterocycles. The van der Waals surface area contributed by atoms with E-state index in [1.807, 2.05) is 19.1 Å². The molecule has 0 aliphatic heterocycles. The number of anilines is 1. The Bertz CT molecular complexity index is 983. The second-order valence-corrected chi connectivity index (χ2v) is 7.21. The van der Waals surface area contributed by atoms with Gasteiger partial charge in [0.05, 0.1) is 6.54 Å². The Kier molecular flexibility index (Phi) is 5.98. The normalized spacial score (nSPS) is 10.5. The average molecular weight is 448 g/mol. The molecular formula is C20H16BrClN2O3. The lowest BCUT2D eigenvalue weighted by molar-refractivity contribution is -0.115. The van der Waals surface area contributed by atoms with Crippen molar-refractivity contribution in [2.75, 3.05) is 11.9 Å². The first-order chi connectivity index (χ1) is 12.9. The number of benzene rings is 2. The van der Waals surface area contributed by atoms with E-state index in [1.54, 1.807) is 42.5 Å². The molecule has 0 fully saturated rings. The first-order valence-corrected chi connectivity index (χ1v) is 9.29. The summed E-state index contributed by atoms with van der Waals surface area (Å²) in [5, 5.41) is 5.93. The predicted octanol–water partition coefficient (Wildman–Crippen LogP) is 5.04. The summed E-state index contributed by atoms with van der Waals surface area (Å²) in [5.74, 6) is -0.101. The first kappa shape index (κ1) is 19.2. The number of aryl methyl sites for hydroxylation is 1. The second-order valence-electron chi connectivity index (χ2n) is 5.86. The summed E-state index contributed by atoms with van der Waals surface area (Å²) >= 11 is 9.24. The Morgan fingerprint density at radius 3 is 2.52 bits per heavy atom. The number of hydrogen-bond donors (Lipinski definition) is 2. The van der Waals surface area contributed by atoms with Gasteiger partial charge < -0.3 is 15.1 Å². The maximum Gasteiger partial charge on any atom is 0.287 e. The molecular weight excluding hydrogens is 432 g/mol. The minimum atomic E-state index is -0.460. The van der Waals surface area contributed by atoms with Crippen LogP contribution in [0.3, 0.4) is 0 Å². The zero-order valence-corrected chi connectivity index (χ0v) is 16.7. The quantitative estimate of drug-likeness (QED) is 0.575. The van der Waals surface area contributed by atoms with Crippen LogP contribution in [0, 0.1) is 6.92 Å². The first-order valence-electron chi connectivity index (χ1n) is 8.12. The fourth-order valence-corrected chi connectivity index (χ4v) is 3.04. The minimum absolute atomic E-state index is 0.132. The maximum absolute atomic E-state index is 12.2. The van der Waals surface area contributed by atoms with E-state index in [0.29, 0.717) is 16.5 Å². The van der Waals surface area contributed by atoms with Crippen LogP contribution in [0.4, 0.5) is 5.69 Å². The molecule has 3 aromatic rings. The van der Waals surface area contributed by atoms with Crippen molar-refractivity contribution in [3.8, 4) is 11.3 Å². The standard InChI is InChI=1S/C20H16BrClN2O3/c1-12-10-14(21)4-7-16(12)24-19(25)11-23-20(26)18-9-8-17(27-18)13-2-5-15(22)6-3-13/h2-10H,11H2,1H3,(H,23,26)(H,24,25). The molecule has 2 amide bonds. The molecule has 0 radical (unpaired) electrons. The highest BCUT2D eigenvalue weighted by Crippen LogP contribution is 2.24. The molecule has 3 rings (SSSR count). The van der Waals surface area contributed by atoms with E-state index in [4.69, 9.17) is 16.0 Å². The van der Waals surface area contributed by atoms with Gasteiger partial charge in [-0.05, 0) is 67.1 Å². The van der Waals surface area contributed by atoms with Gasteiger partial charge in [-0.1, -0.05) is 27.5 Å². The van der Waals surface area contributed by atoms with E-state index in [-0.39, 0.29) is 18.2 Å². The van der Waals surface area contributed by atoms with Crippen LogP contribution in [0.5, 0.6) is 0 Å². The average Bonchev–Trinajstić information content (AvgIpc) is 3.13. The Hall–Kier alpha value is -2.57. The van der Waals surface area contributed by atoms with Crippen LogP contribution >= 0.6 is 27.5 Å². The molecule has 2 aromatic carbocycles. The van der Waals surface area contributed by atoms with Crippen molar-refractivity contribution < 1.29 is 14.0 Å². The molecule has 0 aliphatic rings. The fourth-order valence-electron chi connectivity index (χ4n) is 2.44. The molecule has 0 atom stereocenters. The zero-order valence-electron chi connectivity index (χ0n) is 14.4. The second kappa shape index (κ2) is 8.41. The monoisotopic (exact) mass is 446 g/mol. The van der Waals surface area contributed by atoms with Crippen molar-refractivity contribution in [1.82, 2.24) is 5.32 Å². The molecule has 1 heterocycles. The lowest BCUT2D eigenvalue weighted by Gasteiger charge is -2.09. The number of carbonyl (C=O) groups is 2. The summed E-state index contributed by atoms with van der Waals surface area (Å²) in [6.45, 7) is 1.73. The van der Waals surface area contributed by atoms with Crippen LogP contribution in [-0.4, -0.2) is 18.4 Å². The third-order valence-electron chi connectivity index (χ3n) is 3.83. The van der Waals surface area contributed by atoms with Gasteiger partial charge >= 0.3 is 0 Å². The highest BCUT2D eigenvalue weighted by molar-refractivity contribution is 9.10. The van der Waals surface area contributed by atoms with Crippen molar-refractivity contribution in [2.24, 2.45) is 0 Å².